The summed E-state index contributed by atoms with van der Waals surface area (Å²) in [5.41, 5.74) is 0.966. The zero-order chi connectivity index (χ0) is 26.4. The van der Waals surface area contributed by atoms with Crippen LogP contribution >= 0.6 is 55.2 Å². The van der Waals surface area contributed by atoms with Crippen molar-refractivity contribution in [2.24, 2.45) is 0 Å². The van der Waals surface area contributed by atoms with Gasteiger partial charge >= 0.3 is 5.97 Å². The van der Waals surface area contributed by atoms with E-state index in [-0.39, 0.29) is 17.3 Å². The van der Waals surface area contributed by atoms with Crippen molar-refractivity contribution in [1.82, 2.24) is 4.90 Å². The number of carbonyl (C=O) groups is 4. The molecule has 0 unspecified atom stereocenters. The number of nitrogens with one attached hydrogen (secondary N) is 1. The second-order valence-corrected chi connectivity index (χ2v) is 10.2. The van der Waals surface area contributed by atoms with E-state index < -0.39 is 29.6 Å². The van der Waals surface area contributed by atoms with Crippen LogP contribution in [0.3, 0.4) is 0 Å². The van der Waals surface area contributed by atoms with E-state index in [0.29, 0.717) is 37.6 Å². The predicted molar refractivity (Wildman–Crippen MR) is 143 cm³/mol. The SMILES string of the molecule is CCOc1cc(/C=C2\SC(=O)N(CC(=O)Nc3ccc(Br)c(Cl)c3)C2=O)cc(Br)c1OCC(=O)OC. The van der Waals surface area contributed by atoms with Gasteiger partial charge in [0.1, 0.15) is 6.54 Å². The van der Waals surface area contributed by atoms with Crippen LogP contribution in [-0.2, 0) is 19.1 Å². The first-order valence-corrected chi connectivity index (χ1v) is 13.1. The van der Waals surface area contributed by atoms with Gasteiger partial charge < -0.3 is 19.5 Å². The summed E-state index contributed by atoms with van der Waals surface area (Å²) >= 11 is 13.4. The summed E-state index contributed by atoms with van der Waals surface area (Å²) in [5, 5.41) is 2.45. The maximum absolute atomic E-state index is 12.9. The number of hydrogen-bond donors (Lipinski definition) is 1. The number of hydrogen-bond acceptors (Lipinski definition) is 8. The van der Waals surface area contributed by atoms with Crippen molar-refractivity contribution in [2.75, 3.05) is 32.2 Å². The molecule has 0 saturated carbocycles. The maximum atomic E-state index is 12.9. The molecule has 13 heteroatoms. The Morgan fingerprint density at radius 1 is 1.14 bits per heavy atom. The molecule has 190 valence electrons. The molecule has 2 aromatic carbocycles. The molecule has 1 saturated heterocycles. The van der Waals surface area contributed by atoms with E-state index in [2.05, 4.69) is 41.9 Å². The van der Waals surface area contributed by atoms with Gasteiger partial charge in [-0.25, -0.2) is 4.79 Å². The molecule has 36 heavy (non-hydrogen) atoms. The van der Waals surface area contributed by atoms with Crippen molar-refractivity contribution in [1.29, 1.82) is 0 Å². The van der Waals surface area contributed by atoms with Crippen LogP contribution in [0.5, 0.6) is 11.5 Å². The number of thioether (sulfide) groups is 1. The molecular weight excluding hydrogens is 644 g/mol. The number of ether oxygens (including phenoxy) is 3. The van der Waals surface area contributed by atoms with Crippen LogP contribution in [0, 0.1) is 0 Å². The van der Waals surface area contributed by atoms with Gasteiger partial charge in [0.05, 0.1) is 28.1 Å². The summed E-state index contributed by atoms with van der Waals surface area (Å²) in [6.07, 6.45) is 1.51. The van der Waals surface area contributed by atoms with Crippen LogP contribution in [-0.4, -0.2) is 54.8 Å². The van der Waals surface area contributed by atoms with E-state index in [4.69, 9.17) is 21.1 Å². The zero-order valence-corrected chi connectivity index (χ0v) is 23.7. The molecule has 2 aromatic rings. The number of rotatable bonds is 9. The van der Waals surface area contributed by atoms with Crippen molar-refractivity contribution in [3.8, 4) is 11.5 Å². The van der Waals surface area contributed by atoms with Crippen molar-refractivity contribution >= 4 is 90.0 Å². The van der Waals surface area contributed by atoms with Crippen LogP contribution < -0.4 is 14.8 Å². The van der Waals surface area contributed by atoms with Crippen LogP contribution in [0.25, 0.3) is 6.08 Å². The number of esters is 1. The zero-order valence-electron chi connectivity index (χ0n) is 18.9. The fraction of sp³-hybridized carbons (Fsp3) is 0.217. The van der Waals surface area contributed by atoms with Gasteiger partial charge in [-0.1, -0.05) is 11.6 Å². The molecule has 0 aliphatic carbocycles. The highest BCUT2D eigenvalue weighted by molar-refractivity contribution is 9.10. The quantitative estimate of drug-likeness (QED) is 0.277. The van der Waals surface area contributed by atoms with Crippen molar-refractivity contribution in [2.45, 2.75) is 6.92 Å². The van der Waals surface area contributed by atoms with Gasteiger partial charge in [0.25, 0.3) is 11.1 Å². The summed E-state index contributed by atoms with van der Waals surface area (Å²) < 4.78 is 16.8. The standard InChI is InChI=1S/C23H19Br2ClN2O7S/c1-3-34-17-7-12(6-15(25)21(17)35-11-20(30)33-2)8-18-22(31)28(23(32)36-18)10-19(29)27-13-4-5-14(24)16(26)9-13/h4-9H,3,10-11H2,1-2H3,(H,27,29)/b18-8-. The smallest absolute Gasteiger partial charge is 0.343 e. The van der Waals surface area contributed by atoms with Gasteiger partial charge in [-0.15, -0.1) is 0 Å². The van der Waals surface area contributed by atoms with E-state index in [9.17, 15) is 19.2 Å². The highest BCUT2D eigenvalue weighted by Crippen LogP contribution is 2.39. The summed E-state index contributed by atoms with van der Waals surface area (Å²) in [6.45, 7) is 1.33. The molecule has 0 atom stereocenters. The molecule has 0 bridgehead atoms. The fourth-order valence-electron chi connectivity index (χ4n) is 2.97. The predicted octanol–water partition coefficient (Wildman–Crippen LogP) is 5.49. The van der Waals surface area contributed by atoms with Crippen LogP contribution in [0.1, 0.15) is 12.5 Å². The van der Waals surface area contributed by atoms with E-state index in [0.717, 1.165) is 16.7 Å². The van der Waals surface area contributed by atoms with Crippen LogP contribution in [0.2, 0.25) is 5.02 Å². The van der Waals surface area contributed by atoms with Crippen LogP contribution in [0.4, 0.5) is 10.5 Å². The lowest BCUT2D eigenvalue weighted by Gasteiger charge is -2.14. The molecule has 1 aliphatic rings. The Labute approximate surface area is 232 Å². The molecule has 1 N–H and O–H groups in total. The van der Waals surface area contributed by atoms with Gasteiger partial charge in [-0.3, -0.25) is 19.3 Å². The lowest BCUT2D eigenvalue weighted by molar-refractivity contribution is -0.143. The number of anilines is 1. The van der Waals surface area contributed by atoms with E-state index in [1.54, 1.807) is 37.3 Å². The molecule has 1 aliphatic heterocycles. The lowest BCUT2D eigenvalue weighted by Crippen LogP contribution is -2.36. The van der Waals surface area contributed by atoms with Crippen molar-refractivity contribution < 1.29 is 33.4 Å². The van der Waals surface area contributed by atoms with Gasteiger partial charge in [0.15, 0.2) is 18.1 Å². The fourth-order valence-corrected chi connectivity index (χ4v) is 4.81. The number of carbonyl (C=O) groups excluding carboxylic acids is 4. The third-order valence-corrected chi connectivity index (χ3v) is 7.30. The molecule has 3 rings (SSSR count). The van der Waals surface area contributed by atoms with Gasteiger partial charge in [-0.05, 0) is 92.5 Å². The number of amides is 3. The van der Waals surface area contributed by atoms with Gasteiger partial charge in [0.2, 0.25) is 5.91 Å². The number of halogens is 3. The molecule has 9 nitrogen and oxygen atoms in total. The first-order valence-electron chi connectivity index (χ1n) is 10.3. The Kier molecular flexibility index (Phi) is 9.83. The normalized spacial score (nSPS) is 14.2. The van der Waals surface area contributed by atoms with Gasteiger partial charge in [0, 0.05) is 10.2 Å². The Balaban J connectivity index is 1.76. The van der Waals surface area contributed by atoms with Crippen molar-refractivity contribution in [3.05, 3.63) is 54.8 Å². The third kappa shape index (κ3) is 7.02. The summed E-state index contributed by atoms with van der Waals surface area (Å²) in [4.78, 5) is 50.2. The Morgan fingerprint density at radius 2 is 1.89 bits per heavy atom. The number of methoxy groups -OCH3 is 1. The molecular formula is C23H19Br2ClN2O7S. The molecule has 0 aromatic heterocycles. The second kappa shape index (κ2) is 12.6. The highest BCUT2D eigenvalue weighted by atomic mass is 79.9. The van der Waals surface area contributed by atoms with E-state index in [1.807, 2.05) is 0 Å². The summed E-state index contributed by atoms with van der Waals surface area (Å²) in [6, 6.07) is 8.10. The average Bonchev–Trinajstić information content (AvgIpc) is 3.08. The highest BCUT2D eigenvalue weighted by Gasteiger charge is 2.36. The lowest BCUT2D eigenvalue weighted by atomic mass is 10.2. The Bertz CT molecular complexity index is 1260. The first kappa shape index (κ1) is 28.0. The molecule has 0 radical (unpaired) electrons. The molecule has 3 amide bonds. The minimum absolute atomic E-state index is 0.136. The minimum Gasteiger partial charge on any atom is -0.490 e. The number of imide groups is 1. The number of benzene rings is 2. The number of nitrogens with zero attached hydrogens (tertiary/aromatic N) is 1. The van der Waals surface area contributed by atoms with Crippen LogP contribution in [0.15, 0.2) is 44.2 Å². The summed E-state index contributed by atoms with van der Waals surface area (Å²) in [7, 11) is 1.25. The van der Waals surface area contributed by atoms with E-state index >= 15 is 0 Å². The average molecular weight is 663 g/mol. The molecule has 0 spiro atoms. The van der Waals surface area contributed by atoms with Gasteiger partial charge in [-0.2, -0.15) is 0 Å². The third-order valence-electron chi connectivity index (χ3n) is 4.57. The minimum atomic E-state index is -0.603. The first-order chi connectivity index (χ1) is 17.1. The molecule has 1 fully saturated rings. The second-order valence-electron chi connectivity index (χ2n) is 7.07. The largest absolute Gasteiger partial charge is 0.490 e. The maximum Gasteiger partial charge on any atom is 0.343 e. The molecule has 1 heterocycles. The van der Waals surface area contributed by atoms with E-state index in [1.165, 1.54) is 13.2 Å². The monoisotopic (exact) mass is 660 g/mol. The summed E-state index contributed by atoms with van der Waals surface area (Å²) in [5.74, 6) is -1.10. The van der Waals surface area contributed by atoms with Crippen molar-refractivity contribution in [3.63, 3.8) is 0 Å². The Morgan fingerprint density at radius 3 is 2.56 bits per heavy atom. The topological polar surface area (TPSA) is 111 Å². The Hall–Kier alpha value is -2.54.